The molecule has 1 aromatic heterocycles. The van der Waals surface area contributed by atoms with Crippen molar-refractivity contribution in [3.63, 3.8) is 0 Å². The van der Waals surface area contributed by atoms with E-state index in [1.165, 1.54) is 12.1 Å². The Balaban J connectivity index is 1.91. The third-order valence-electron chi connectivity index (χ3n) is 4.51. The number of carbonyl (C=O) groups excluding carboxylic acids is 1. The van der Waals surface area contributed by atoms with Gasteiger partial charge in [-0.3, -0.25) is 16.0 Å². The van der Waals surface area contributed by atoms with Crippen LogP contribution in [0.5, 0.6) is 0 Å². The fourth-order valence-corrected chi connectivity index (χ4v) is 2.94. The first-order valence-electron chi connectivity index (χ1n) is 8.41. The monoisotopic (exact) mass is 364 g/mol. The highest BCUT2D eigenvalue weighted by atomic mass is 19.1. The molecule has 27 heavy (non-hydrogen) atoms. The lowest BCUT2D eigenvalue weighted by molar-refractivity contribution is -0.114. The van der Waals surface area contributed by atoms with Crippen LogP contribution in [0.15, 0.2) is 40.7 Å². The summed E-state index contributed by atoms with van der Waals surface area (Å²) in [7, 11) is 0. The van der Waals surface area contributed by atoms with Gasteiger partial charge < -0.3 is 0 Å². The molecule has 0 aliphatic heterocycles. The van der Waals surface area contributed by atoms with Crippen molar-refractivity contribution < 1.29 is 14.6 Å². The molecule has 1 aliphatic rings. The van der Waals surface area contributed by atoms with Gasteiger partial charge >= 0.3 is 5.84 Å². The molecule has 0 saturated heterocycles. The average Bonchev–Trinajstić information content (AvgIpc) is 2.63. The molecular weight excluding hydrogens is 345 g/mol. The number of halogens is 1. The number of rotatable bonds is 1. The lowest BCUT2D eigenvalue weighted by Crippen LogP contribution is -2.39. The molecule has 6 nitrogen and oxygen atoms in total. The van der Waals surface area contributed by atoms with Gasteiger partial charge in [0.15, 0.2) is 5.78 Å². The molecule has 1 heterocycles. The van der Waals surface area contributed by atoms with Crippen molar-refractivity contribution in [2.24, 2.45) is 21.6 Å². The van der Waals surface area contributed by atoms with Crippen LogP contribution in [0.2, 0.25) is 0 Å². The van der Waals surface area contributed by atoms with Crippen LogP contribution >= 0.6 is 0 Å². The number of nitrogens with zero attached hydrogens (tertiary/aromatic N) is 3. The summed E-state index contributed by atoms with van der Waals surface area (Å²) in [5.74, 6) is 10.3. The maximum absolute atomic E-state index is 13.8. The largest absolute Gasteiger partial charge is 0.351 e. The number of nitrogens with two attached hydrogens (primary N) is 2. The molecular formula is C20H19FN5O+. The zero-order valence-electron chi connectivity index (χ0n) is 15.1. The molecule has 1 aliphatic carbocycles. The second-order valence-electron chi connectivity index (χ2n) is 6.98. The Morgan fingerprint density at radius 2 is 2.07 bits per heavy atom. The molecule has 0 spiro atoms. The highest BCUT2D eigenvalue weighted by molar-refractivity contribution is 6.02. The van der Waals surface area contributed by atoms with E-state index >= 15 is 0 Å². The van der Waals surface area contributed by atoms with Crippen molar-refractivity contribution in [2.75, 3.05) is 0 Å². The van der Waals surface area contributed by atoms with Crippen LogP contribution in [0.3, 0.4) is 0 Å². The Morgan fingerprint density at radius 3 is 2.81 bits per heavy atom. The molecule has 0 bridgehead atoms. The summed E-state index contributed by atoms with van der Waals surface area (Å²) in [5, 5.41) is 12.3. The number of aromatic nitrogens is 1. The molecule has 0 unspecified atom stereocenters. The summed E-state index contributed by atoms with van der Waals surface area (Å²) >= 11 is 0. The molecule has 7 heteroatoms. The van der Waals surface area contributed by atoms with Gasteiger partial charge in [-0.05, 0) is 49.1 Å². The molecule has 0 amide bonds. The van der Waals surface area contributed by atoms with Gasteiger partial charge in [-0.2, -0.15) is 0 Å². The maximum atomic E-state index is 13.8. The molecule has 136 valence electrons. The number of fused-ring (bicyclic) bond motifs is 1. The van der Waals surface area contributed by atoms with E-state index in [4.69, 9.17) is 11.3 Å². The van der Waals surface area contributed by atoms with Crippen LogP contribution in [0.4, 0.5) is 4.39 Å². The second-order valence-corrected chi connectivity index (χ2v) is 6.98. The van der Waals surface area contributed by atoms with Gasteiger partial charge in [-0.15, -0.1) is 0 Å². The lowest BCUT2D eigenvalue weighted by Gasteiger charge is -2.28. The van der Waals surface area contributed by atoms with Crippen LogP contribution in [0.25, 0.3) is 0 Å². The summed E-state index contributed by atoms with van der Waals surface area (Å²) in [6.45, 7) is 3.89. The van der Waals surface area contributed by atoms with E-state index in [0.29, 0.717) is 22.4 Å². The molecule has 4 N–H and O–H groups in total. The smallest absolute Gasteiger partial charge is 0.294 e. The Kier molecular flexibility index (Phi) is 4.82. The van der Waals surface area contributed by atoms with Gasteiger partial charge in [-0.25, -0.2) is 9.37 Å². The van der Waals surface area contributed by atoms with Gasteiger partial charge in [0, 0.05) is 21.8 Å². The first-order chi connectivity index (χ1) is 12.8. The Bertz CT molecular complexity index is 1030. The van der Waals surface area contributed by atoms with E-state index in [-0.39, 0.29) is 17.0 Å². The van der Waals surface area contributed by atoms with Crippen molar-refractivity contribution in [1.29, 1.82) is 0 Å². The number of Topliss-reactive ketones (excluding diaryl/α,β-unsaturated/α-hetero) is 1. The van der Waals surface area contributed by atoms with Gasteiger partial charge in [0.1, 0.15) is 11.5 Å². The predicted molar refractivity (Wildman–Crippen MR) is 98.1 cm³/mol. The van der Waals surface area contributed by atoms with E-state index < -0.39 is 5.82 Å². The number of hydrogen-bond acceptors (Lipinski definition) is 3. The first-order valence-corrected chi connectivity index (χ1v) is 8.41. The van der Waals surface area contributed by atoms with Crippen LogP contribution in [0.1, 0.15) is 53.1 Å². The molecule has 1 aromatic carbocycles. The van der Waals surface area contributed by atoms with Crippen LogP contribution in [0, 0.1) is 23.1 Å². The maximum Gasteiger partial charge on any atom is 0.351 e. The molecule has 0 fully saturated rings. The Hall–Kier alpha value is -3.40. The van der Waals surface area contributed by atoms with Crippen molar-refractivity contribution in [2.45, 2.75) is 26.7 Å². The van der Waals surface area contributed by atoms with Crippen LogP contribution in [-0.2, 0) is 6.42 Å². The normalized spacial score (nSPS) is 15.1. The van der Waals surface area contributed by atoms with E-state index in [1.807, 2.05) is 13.8 Å². The fraction of sp³-hybridized carbons (Fsp3) is 0.250. The SMILES string of the molecule is CC1(C)CCc2nc(C#Cc3cc(F)cc(C(=[NH2+])N=NN)c3)ccc2C1=O. The Labute approximate surface area is 156 Å². The van der Waals surface area contributed by atoms with Crippen LogP contribution in [-0.4, -0.2) is 16.6 Å². The topological polar surface area (TPSA) is 106 Å². The standard InChI is InChI=1S/C20H18FN5O/c1-20(2)8-7-17-16(18(20)27)6-5-15(24-17)4-3-12-9-13(11-14(21)10-12)19(22)25-26-23/h5-6,9-11H,7-8H2,1-2H3,(H3,22,23,25)/p+1. The third kappa shape index (κ3) is 3.90. The quantitative estimate of drug-likeness (QED) is 0.200. The molecule has 0 atom stereocenters. The predicted octanol–water partition coefficient (Wildman–Crippen LogP) is 1.61. The highest BCUT2D eigenvalue weighted by Crippen LogP contribution is 2.33. The summed E-state index contributed by atoms with van der Waals surface area (Å²) < 4.78 is 13.8. The number of aryl methyl sites for hydroxylation is 1. The van der Waals surface area contributed by atoms with E-state index in [9.17, 15) is 9.18 Å². The van der Waals surface area contributed by atoms with Crippen molar-refractivity contribution in [3.05, 3.63) is 64.2 Å². The summed E-state index contributed by atoms with van der Waals surface area (Å²) in [4.78, 5) is 16.9. The molecule has 0 radical (unpaired) electrons. The number of ketones is 1. The minimum absolute atomic E-state index is 0.00640. The van der Waals surface area contributed by atoms with Gasteiger partial charge in [0.05, 0.1) is 16.4 Å². The van der Waals surface area contributed by atoms with E-state index in [2.05, 4.69) is 27.2 Å². The zero-order valence-corrected chi connectivity index (χ0v) is 15.1. The van der Waals surface area contributed by atoms with Crippen molar-refractivity contribution >= 4 is 11.6 Å². The summed E-state index contributed by atoms with van der Waals surface area (Å²) in [5.41, 5.74) is 2.31. The van der Waals surface area contributed by atoms with E-state index in [0.717, 1.165) is 18.5 Å². The first kappa shape index (κ1) is 18.4. The molecule has 2 aromatic rings. The summed E-state index contributed by atoms with van der Waals surface area (Å²) in [6, 6.07) is 7.56. The van der Waals surface area contributed by atoms with Gasteiger partial charge in [0.25, 0.3) is 0 Å². The minimum Gasteiger partial charge on any atom is -0.294 e. The highest BCUT2D eigenvalue weighted by Gasteiger charge is 2.34. The number of benzene rings is 1. The average molecular weight is 364 g/mol. The van der Waals surface area contributed by atoms with Crippen LogP contribution < -0.4 is 11.3 Å². The number of pyridine rings is 1. The number of carbonyl (C=O) groups is 1. The second kappa shape index (κ2) is 7.08. The fourth-order valence-electron chi connectivity index (χ4n) is 2.94. The molecule has 3 rings (SSSR count). The third-order valence-corrected chi connectivity index (χ3v) is 4.51. The van der Waals surface area contributed by atoms with Gasteiger partial charge in [-0.1, -0.05) is 19.8 Å². The Morgan fingerprint density at radius 1 is 1.30 bits per heavy atom. The summed E-state index contributed by atoms with van der Waals surface area (Å²) in [6.07, 6.45) is 1.48. The number of amidine groups is 1. The van der Waals surface area contributed by atoms with Crippen molar-refractivity contribution in [3.8, 4) is 11.8 Å². The zero-order chi connectivity index (χ0) is 19.6. The minimum atomic E-state index is -0.502. The van der Waals surface area contributed by atoms with Gasteiger partial charge in [0.2, 0.25) is 0 Å². The lowest BCUT2D eigenvalue weighted by atomic mass is 9.75. The number of hydrogen-bond donors (Lipinski definition) is 2. The van der Waals surface area contributed by atoms with Crippen molar-refractivity contribution in [1.82, 2.24) is 4.98 Å². The van der Waals surface area contributed by atoms with E-state index in [1.54, 1.807) is 18.2 Å². The molecule has 0 saturated carbocycles.